The fraction of sp³-hybridized carbons (Fsp3) is 0.368. The molecule has 0 unspecified atom stereocenters. The maximum Gasteiger partial charge on any atom is 0.220 e. The Morgan fingerprint density at radius 1 is 1.21 bits per heavy atom. The summed E-state index contributed by atoms with van der Waals surface area (Å²) in [6, 6.07) is 9.64. The molecule has 2 rings (SSSR count). The number of aromatic nitrogens is 1. The molecule has 24 heavy (non-hydrogen) atoms. The van der Waals surface area contributed by atoms with Crippen molar-refractivity contribution in [3.63, 3.8) is 0 Å². The van der Waals surface area contributed by atoms with E-state index < -0.39 is 0 Å². The van der Waals surface area contributed by atoms with Gasteiger partial charge in [-0.3, -0.25) is 9.78 Å². The molecule has 3 N–H and O–H groups in total. The molecule has 2 atom stereocenters. The summed E-state index contributed by atoms with van der Waals surface area (Å²) >= 11 is 0. The highest BCUT2D eigenvalue weighted by Gasteiger charge is 2.24. The second-order valence-corrected chi connectivity index (χ2v) is 5.93. The van der Waals surface area contributed by atoms with Gasteiger partial charge in [-0.05, 0) is 48.6 Å². The average molecular weight is 348 g/mol. The first-order valence-corrected chi connectivity index (χ1v) is 8.03. The van der Waals surface area contributed by atoms with Gasteiger partial charge in [-0.2, -0.15) is 0 Å². The molecule has 2 aromatic rings. The molecule has 4 nitrogen and oxygen atoms in total. The predicted octanol–water partition coefficient (Wildman–Crippen LogP) is 3.26. The molecule has 0 radical (unpaired) electrons. The van der Waals surface area contributed by atoms with E-state index in [4.69, 9.17) is 5.73 Å². The van der Waals surface area contributed by atoms with Gasteiger partial charge in [0, 0.05) is 24.9 Å². The van der Waals surface area contributed by atoms with Crippen LogP contribution in [0.3, 0.4) is 0 Å². The van der Waals surface area contributed by atoms with Gasteiger partial charge < -0.3 is 11.1 Å². The Bertz CT molecular complexity index is 641. The Morgan fingerprint density at radius 2 is 1.88 bits per heavy atom. The van der Waals surface area contributed by atoms with Crippen molar-refractivity contribution in [2.75, 3.05) is 0 Å². The van der Waals surface area contributed by atoms with Gasteiger partial charge in [-0.1, -0.05) is 31.2 Å². The van der Waals surface area contributed by atoms with Crippen molar-refractivity contribution in [3.8, 4) is 0 Å². The van der Waals surface area contributed by atoms with Crippen molar-refractivity contribution in [1.82, 2.24) is 10.3 Å². The number of rotatable bonds is 6. The molecule has 1 amide bonds. The largest absolute Gasteiger partial charge is 0.348 e. The first kappa shape index (κ1) is 20.1. The molecule has 0 aliphatic heterocycles. The number of nitrogens with zero attached hydrogens (tertiary/aromatic N) is 1. The Labute approximate surface area is 150 Å². The zero-order chi connectivity index (χ0) is 16.8. The number of aryl methyl sites for hydroxylation is 2. The van der Waals surface area contributed by atoms with Gasteiger partial charge in [0.2, 0.25) is 5.91 Å². The number of hydrogen-bond acceptors (Lipinski definition) is 3. The number of benzene rings is 1. The summed E-state index contributed by atoms with van der Waals surface area (Å²) in [7, 11) is 0. The van der Waals surface area contributed by atoms with Crippen molar-refractivity contribution in [2.45, 2.75) is 45.7 Å². The van der Waals surface area contributed by atoms with Gasteiger partial charge in [-0.25, -0.2) is 0 Å². The number of pyridine rings is 1. The summed E-state index contributed by atoms with van der Waals surface area (Å²) in [5, 5.41) is 3.10. The van der Waals surface area contributed by atoms with Gasteiger partial charge in [0.25, 0.3) is 0 Å². The summed E-state index contributed by atoms with van der Waals surface area (Å²) in [5.41, 5.74) is 11.0. The van der Waals surface area contributed by atoms with Gasteiger partial charge >= 0.3 is 0 Å². The van der Waals surface area contributed by atoms with Gasteiger partial charge in [-0.15, -0.1) is 12.4 Å². The molecule has 0 bridgehead atoms. The van der Waals surface area contributed by atoms with Crippen LogP contribution < -0.4 is 11.1 Å². The predicted molar refractivity (Wildman–Crippen MR) is 100 cm³/mol. The van der Waals surface area contributed by atoms with Crippen LogP contribution in [0, 0.1) is 13.8 Å². The molecule has 5 heteroatoms. The highest BCUT2D eigenvalue weighted by Crippen LogP contribution is 2.25. The minimum atomic E-state index is -0.213. The van der Waals surface area contributed by atoms with Crippen molar-refractivity contribution in [1.29, 1.82) is 0 Å². The van der Waals surface area contributed by atoms with Crippen LogP contribution >= 0.6 is 12.4 Å². The lowest BCUT2D eigenvalue weighted by Gasteiger charge is -2.28. The molecule has 1 aromatic carbocycles. The van der Waals surface area contributed by atoms with E-state index >= 15 is 0 Å². The highest BCUT2D eigenvalue weighted by atomic mass is 35.5. The van der Waals surface area contributed by atoms with Crippen molar-refractivity contribution in [3.05, 3.63) is 65.0 Å². The number of hydrogen-bond donors (Lipinski definition) is 2. The van der Waals surface area contributed by atoms with E-state index in [2.05, 4.69) is 36.3 Å². The van der Waals surface area contributed by atoms with E-state index in [1.165, 1.54) is 0 Å². The Balaban J connectivity index is 0.00000288. The van der Waals surface area contributed by atoms with Crippen LogP contribution in [0.25, 0.3) is 0 Å². The average Bonchev–Trinajstić information content (AvgIpc) is 2.54. The Kier molecular flexibility index (Phi) is 7.89. The van der Waals surface area contributed by atoms with Crippen LogP contribution in [0.1, 0.15) is 41.6 Å². The van der Waals surface area contributed by atoms with Crippen LogP contribution in [-0.4, -0.2) is 16.9 Å². The summed E-state index contributed by atoms with van der Waals surface area (Å²) in [6.07, 6.45) is 4.68. The van der Waals surface area contributed by atoms with Crippen molar-refractivity contribution >= 4 is 18.3 Å². The number of nitrogens with two attached hydrogens (primary N) is 1. The summed E-state index contributed by atoms with van der Waals surface area (Å²) < 4.78 is 0. The molecule has 0 aliphatic carbocycles. The maximum atomic E-state index is 12.0. The van der Waals surface area contributed by atoms with E-state index in [0.717, 1.165) is 22.3 Å². The zero-order valence-electron chi connectivity index (χ0n) is 14.5. The number of amides is 1. The third kappa shape index (κ3) is 5.05. The second-order valence-electron chi connectivity index (χ2n) is 5.93. The molecule has 0 saturated carbocycles. The number of nitrogens with one attached hydrogen (secondary N) is 1. The summed E-state index contributed by atoms with van der Waals surface area (Å²) in [4.78, 5) is 16.1. The molecule has 0 aliphatic rings. The lowest BCUT2D eigenvalue weighted by molar-refractivity contribution is -0.121. The van der Waals surface area contributed by atoms with Gasteiger partial charge in [0.05, 0.1) is 6.04 Å². The van der Waals surface area contributed by atoms with Crippen molar-refractivity contribution < 1.29 is 4.79 Å². The first-order chi connectivity index (χ1) is 11.0. The van der Waals surface area contributed by atoms with E-state index in [9.17, 15) is 4.79 Å². The minimum Gasteiger partial charge on any atom is -0.348 e. The zero-order valence-corrected chi connectivity index (χ0v) is 15.3. The molecule has 0 fully saturated rings. The highest BCUT2D eigenvalue weighted by molar-refractivity contribution is 5.85. The van der Waals surface area contributed by atoms with Crippen molar-refractivity contribution in [2.24, 2.45) is 5.73 Å². The lowest BCUT2D eigenvalue weighted by Crippen LogP contribution is -2.42. The minimum absolute atomic E-state index is 0. The number of carbonyl (C=O) groups excluding carboxylic acids is 1. The topological polar surface area (TPSA) is 68.0 Å². The normalized spacial score (nSPS) is 12.8. The van der Waals surface area contributed by atoms with E-state index in [1.54, 1.807) is 6.20 Å². The fourth-order valence-electron chi connectivity index (χ4n) is 2.90. The van der Waals surface area contributed by atoms with Crippen LogP contribution in [0.5, 0.6) is 0 Å². The molecule has 0 saturated heterocycles. The first-order valence-electron chi connectivity index (χ1n) is 8.03. The Hall–Kier alpha value is -1.91. The van der Waals surface area contributed by atoms with Crippen LogP contribution in [0.4, 0.5) is 0 Å². The maximum absolute atomic E-state index is 12.0. The number of halogens is 1. The molecule has 130 valence electrons. The molecule has 1 aromatic heterocycles. The van der Waals surface area contributed by atoms with E-state index in [1.807, 2.05) is 31.3 Å². The molecule has 0 spiro atoms. The third-order valence-corrected chi connectivity index (χ3v) is 4.11. The van der Waals surface area contributed by atoms with Crippen LogP contribution in [-0.2, 0) is 11.2 Å². The molecular weight excluding hydrogens is 322 g/mol. The molecule has 1 heterocycles. The second kappa shape index (κ2) is 9.40. The Morgan fingerprint density at radius 3 is 2.42 bits per heavy atom. The smallest absolute Gasteiger partial charge is 0.220 e. The van der Waals surface area contributed by atoms with Gasteiger partial charge in [0.1, 0.15) is 0 Å². The number of carbonyl (C=O) groups is 1. The third-order valence-electron chi connectivity index (χ3n) is 4.11. The lowest BCUT2D eigenvalue weighted by atomic mass is 9.89. The quantitative estimate of drug-likeness (QED) is 0.842. The monoisotopic (exact) mass is 347 g/mol. The molecular formula is C19H26ClN3O. The summed E-state index contributed by atoms with van der Waals surface area (Å²) in [6.45, 7) is 5.97. The summed E-state index contributed by atoms with van der Waals surface area (Å²) in [5.74, 6) is 0.0132. The standard InChI is InChI=1S/C19H25N3O.ClH/c1-4-17(23)22-19(18-13(2)7-5-8-14(18)3)16(20)11-15-9-6-10-21-12-15;/h5-10,12,16,19H,4,11,20H2,1-3H3,(H,22,23);1H/t16-,19+;/m1./s1. The van der Waals surface area contributed by atoms with E-state index in [-0.39, 0.29) is 30.4 Å². The SMILES string of the molecule is CCC(=O)N[C@H](c1c(C)cccc1C)[C@H](N)Cc1cccnc1.Cl. The van der Waals surface area contributed by atoms with Crippen LogP contribution in [0.15, 0.2) is 42.7 Å². The fourth-order valence-corrected chi connectivity index (χ4v) is 2.90. The van der Waals surface area contributed by atoms with Crippen LogP contribution in [0.2, 0.25) is 0 Å². The van der Waals surface area contributed by atoms with Gasteiger partial charge in [0.15, 0.2) is 0 Å². The van der Waals surface area contributed by atoms with E-state index in [0.29, 0.717) is 12.8 Å².